The Bertz CT molecular complexity index is 1820. The number of fused-ring (bicyclic) bond motifs is 2. The highest BCUT2D eigenvalue weighted by molar-refractivity contribution is 6.31. The first-order valence-electron chi connectivity index (χ1n) is 12.8. The van der Waals surface area contributed by atoms with Gasteiger partial charge in [0.05, 0.1) is 5.02 Å². The number of halogens is 1. The molecular weight excluding hydrogens is 500 g/mol. The lowest BCUT2D eigenvalue weighted by molar-refractivity contribution is 0.259. The van der Waals surface area contributed by atoms with Crippen molar-refractivity contribution >= 4 is 33.1 Å². The van der Waals surface area contributed by atoms with Gasteiger partial charge in [-0.25, -0.2) is 0 Å². The Labute approximate surface area is 233 Å². The van der Waals surface area contributed by atoms with E-state index in [1.54, 1.807) is 0 Å². The summed E-state index contributed by atoms with van der Waals surface area (Å²) in [6.45, 7) is 0.909. The maximum absolute atomic E-state index is 6.45. The second-order valence-electron chi connectivity index (χ2n) is 9.31. The molecule has 0 heterocycles. The van der Waals surface area contributed by atoms with Gasteiger partial charge in [-0.15, -0.1) is 0 Å². The van der Waals surface area contributed by atoms with Gasteiger partial charge < -0.3 is 9.47 Å². The summed E-state index contributed by atoms with van der Waals surface area (Å²) >= 11 is 6.29. The van der Waals surface area contributed by atoms with Crippen LogP contribution in [0.5, 0.6) is 11.5 Å². The average molecular weight is 525 g/mol. The van der Waals surface area contributed by atoms with Gasteiger partial charge in [-0.05, 0) is 69.8 Å². The van der Waals surface area contributed by atoms with Crippen molar-refractivity contribution in [2.75, 3.05) is 0 Å². The Hall–Kier alpha value is -4.71. The monoisotopic (exact) mass is 524 g/mol. The van der Waals surface area contributed by atoms with E-state index >= 15 is 0 Å². The summed E-state index contributed by atoms with van der Waals surface area (Å²) < 4.78 is 12.7. The Morgan fingerprint density at radius 2 is 1.21 bits per heavy atom. The van der Waals surface area contributed by atoms with Crippen LogP contribution in [0.3, 0.4) is 0 Å². The number of ether oxygens (including phenoxy) is 2. The van der Waals surface area contributed by atoms with E-state index in [9.17, 15) is 0 Å². The largest absolute Gasteiger partial charge is 0.485 e. The SMILES string of the molecule is Clc1ccccc1C#Cc1ccc2cc3ccc(OCc4ccccc4)c(OCc4ccccc4)c3cc2c1. The van der Waals surface area contributed by atoms with Crippen molar-refractivity contribution in [3.05, 3.63) is 155 Å². The quantitative estimate of drug-likeness (QED) is 0.160. The van der Waals surface area contributed by atoms with E-state index in [1.165, 1.54) is 0 Å². The van der Waals surface area contributed by atoms with Crippen molar-refractivity contribution < 1.29 is 9.47 Å². The molecule has 0 radical (unpaired) electrons. The fraction of sp³-hybridized carbons (Fsp3) is 0.0556. The van der Waals surface area contributed by atoms with Crippen LogP contribution in [-0.2, 0) is 13.2 Å². The summed E-state index contributed by atoms with van der Waals surface area (Å²) in [5.41, 5.74) is 3.94. The Morgan fingerprint density at radius 1 is 0.538 bits per heavy atom. The predicted octanol–water partition coefficient (Wildman–Crippen LogP) is 9.20. The molecule has 0 N–H and O–H groups in total. The lowest BCUT2D eigenvalue weighted by Gasteiger charge is -2.16. The van der Waals surface area contributed by atoms with Gasteiger partial charge in [-0.3, -0.25) is 0 Å². The van der Waals surface area contributed by atoms with Crippen LogP contribution in [-0.4, -0.2) is 0 Å². The molecule has 6 aromatic carbocycles. The molecule has 0 aliphatic rings. The Kier molecular flexibility index (Phi) is 7.17. The smallest absolute Gasteiger partial charge is 0.169 e. The van der Waals surface area contributed by atoms with Gasteiger partial charge in [0, 0.05) is 16.5 Å². The first kappa shape index (κ1) is 24.6. The van der Waals surface area contributed by atoms with E-state index in [0.717, 1.165) is 55.3 Å². The van der Waals surface area contributed by atoms with Crippen molar-refractivity contribution in [2.45, 2.75) is 13.2 Å². The normalized spacial score (nSPS) is 10.7. The fourth-order valence-electron chi connectivity index (χ4n) is 4.53. The molecule has 188 valence electrons. The van der Waals surface area contributed by atoms with Gasteiger partial charge in [-0.1, -0.05) is 108 Å². The maximum atomic E-state index is 6.45. The molecule has 0 bridgehead atoms. The van der Waals surface area contributed by atoms with Crippen molar-refractivity contribution in [3.8, 4) is 23.3 Å². The second kappa shape index (κ2) is 11.4. The third kappa shape index (κ3) is 5.75. The molecule has 0 aromatic heterocycles. The zero-order chi connectivity index (χ0) is 26.4. The first-order valence-corrected chi connectivity index (χ1v) is 13.2. The molecule has 6 rings (SSSR count). The summed E-state index contributed by atoms with van der Waals surface area (Å²) in [7, 11) is 0. The number of rotatable bonds is 6. The highest BCUT2D eigenvalue weighted by atomic mass is 35.5. The highest BCUT2D eigenvalue weighted by Crippen LogP contribution is 2.39. The van der Waals surface area contributed by atoms with Crippen LogP contribution in [0.15, 0.2) is 127 Å². The highest BCUT2D eigenvalue weighted by Gasteiger charge is 2.13. The van der Waals surface area contributed by atoms with Gasteiger partial charge in [0.1, 0.15) is 13.2 Å². The van der Waals surface area contributed by atoms with Gasteiger partial charge in [-0.2, -0.15) is 0 Å². The minimum atomic E-state index is 0.447. The fourth-order valence-corrected chi connectivity index (χ4v) is 4.71. The van der Waals surface area contributed by atoms with Crippen LogP contribution < -0.4 is 9.47 Å². The molecule has 0 saturated heterocycles. The van der Waals surface area contributed by atoms with Crippen LogP contribution in [0.25, 0.3) is 21.5 Å². The van der Waals surface area contributed by atoms with Crippen LogP contribution in [0.4, 0.5) is 0 Å². The molecule has 0 fully saturated rings. The molecular formula is C36H25ClO2. The van der Waals surface area contributed by atoms with E-state index in [-0.39, 0.29) is 0 Å². The average Bonchev–Trinajstić information content (AvgIpc) is 2.98. The molecule has 39 heavy (non-hydrogen) atoms. The molecule has 0 amide bonds. The zero-order valence-corrected chi connectivity index (χ0v) is 22.0. The third-order valence-corrected chi connectivity index (χ3v) is 6.90. The molecule has 0 unspecified atom stereocenters. The summed E-state index contributed by atoms with van der Waals surface area (Å²) in [6, 6.07) is 42.7. The number of hydrogen-bond acceptors (Lipinski definition) is 2. The van der Waals surface area contributed by atoms with E-state index in [0.29, 0.717) is 18.2 Å². The predicted molar refractivity (Wildman–Crippen MR) is 160 cm³/mol. The van der Waals surface area contributed by atoms with E-state index in [2.05, 4.69) is 66.4 Å². The van der Waals surface area contributed by atoms with E-state index in [4.69, 9.17) is 21.1 Å². The first-order chi connectivity index (χ1) is 19.2. The van der Waals surface area contributed by atoms with Gasteiger partial charge in [0.2, 0.25) is 0 Å². The maximum Gasteiger partial charge on any atom is 0.169 e. The number of benzene rings is 6. The molecule has 0 saturated carbocycles. The molecule has 0 aliphatic heterocycles. The molecule has 0 atom stereocenters. The van der Waals surface area contributed by atoms with Crippen LogP contribution in [0.1, 0.15) is 22.3 Å². The third-order valence-electron chi connectivity index (χ3n) is 6.57. The van der Waals surface area contributed by atoms with Crippen molar-refractivity contribution in [3.63, 3.8) is 0 Å². The minimum absolute atomic E-state index is 0.447. The standard InChI is InChI=1S/C36H25ClO2/c37-34-14-8-7-13-29(34)17-15-26-16-18-30-22-31-19-20-35(38-24-27-9-3-1-4-10-27)36(33(31)23-32(30)21-26)39-25-28-11-5-2-6-12-28/h1-14,16,18-23H,24-25H2. The Morgan fingerprint density at radius 3 is 1.95 bits per heavy atom. The lowest BCUT2D eigenvalue weighted by atomic mass is 10.0. The minimum Gasteiger partial charge on any atom is -0.485 e. The topological polar surface area (TPSA) is 18.5 Å². The summed E-state index contributed by atoms with van der Waals surface area (Å²) in [5, 5.41) is 4.96. The van der Waals surface area contributed by atoms with Gasteiger partial charge in [0.15, 0.2) is 11.5 Å². The molecule has 0 spiro atoms. The summed E-state index contributed by atoms with van der Waals surface area (Å²) in [6.07, 6.45) is 0. The summed E-state index contributed by atoms with van der Waals surface area (Å²) in [5.74, 6) is 7.91. The van der Waals surface area contributed by atoms with Crippen molar-refractivity contribution in [1.82, 2.24) is 0 Å². The van der Waals surface area contributed by atoms with Crippen LogP contribution >= 0.6 is 11.6 Å². The number of hydrogen-bond donors (Lipinski definition) is 0. The molecule has 0 aliphatic carbocycles. The molecule has 2 nitrogen and oxygen atoms in total. The Balaban J connectivity index is 1.40. The van der Waals surface area contributed by atoms with Gasteiger partial charge in [0.25, 0.3) is 0 Å². The lowest BCUT2D eigenvalue weighted by Crippen LogP contribution is -2.01. The van der Waals surface area contributed by atoms with E-state index in [1.807, 2.05) is 72.8 Å². The van der Waals surface area contributed by atoms with Crippen LogP contribution in [0, 0.1) is 11.8 Å². The second-order valence-corrected chi connectivity index (χ2v) is 9.71. The van der Waals surface area contributed by atoms with Crippen LogP contribution in [0.2, 0.25) is 5.02 Å². The summed E-state index contributed by atoms with van der Waals surface area (Å²) in [4.78, 5) is 0. The molecule has 6 aromatic rings. The van der Waals surface area contributed by atoms with E-state index < -0.39 is 0 Å². The van der Waals surface area contributed by atoms with Crippen molar-refractivity contribution in [2.24, 2.45) is 0 Å². The molecule has 3 heteroatoms. The zero-order valence-electron chi connectivity index (χ0n) is 21.2. The van der Waals surface area contributed by atoms with Gasteiger partial charge >= 0.3 is 0 Å². The van der Waals surface area contributed by atoms with Crippen molar-refractivity contribution in [1.29, 1.82) is 0 Å².